The van der Waals surface area contributed by atoms with Crippen molar-refractivity contribution in [2.24, 2.45) is 5.92 Å². The van der Waals surface area contributed by atoms with Crippen LogP contribution in [-0.4, -0.2) is 37.9 Å². The van der Waals surface area contributed by atoms with Crippen molar-refractivity contribution in [2.45, 2.75) is 31.2 Å². The summed E-state index contributed by atoms with van der Waals surface area (Å²) in [6, 6.07) is 10.2. The van der Waals surface area contributed by atoms with Gasteiger partial charge in [0.25, 0.3) is 0 Å². The fourth-order valence-corrected chi connectivity index (χ4v) is 3.30. The number of benzene rings is 1. The first kappa shape index (κ1) is 15.7. The monoisotopic (exact) mass is 289 g/mol. The molecule has 2 rings (SSSR count). The van der Waals surface area contributed by atoms with Crippen LogP contribution in [0.4, 0.5) is 0 Å². The van der Waals surface area contributed by atoms with Gasteiger partial charge in [-0.1, -0.05) is 30.3 Å². The molecule has 2 unspecified atom stereocenters. The molecular weight excluding hydrogens is 266 g/mol. The number of ether oxygens (including phenoxy) is 1. The van der Waals surface area contributed by atoms with Crippen LogP contribution in [0, 0.1) is 5.92 Å². The summed E-state index contributed by atoms with van der Waals surface area (Å²) in [4.78, 5) is 25.9. The van der Waals surface area contributed by atoms with Crippen LogP contribution >= 0.6 is 0 Å². The molecule has 0 aromatic heterocycles. The first-order chi connectivity index (χ1) is 9.99. The second-order valence-corrected chi connectivity index (χ2v) is 5.94. The highest BCUT2D eigenvalue weighted by Crippen LogP contribution is 2.43. The topological polar surface area (TPSA) is 46.6 Å². The van der Waals surface area contributed by atoms with Crippen LogP contribution in [-0.2, 0) is 19.9 Å². The molecule has 0 N–H and O–H groups in total. The predicted octanol–water partition coefficient (Wildman–Crippen LogP) is 2.38. The van der Waals surface area contributed by atoms with E-state index in [2.05, 4.69) is 17.0 Å². The number of rotatable bonds is 4. The fourth-order valence-electron chi connectivity index (χ4n) is 3.30. The van der Waals surface area contributed by atoms with Crippen molar-refractivity contribution >= 4 is 11.8 Å². The van der Waals surface area contributed by atoms with Crippen LogP contribution in [0.25, 0.3) is 0 Å². The first-order valence-corrected chi connectivity index (χ1v) is 7.32. The fraction of sp³-hybridized carbons (Fsp3) is 0.529. The second kappa shape index (κ2) is 6.39. The number of hydrogen-bond acceptors (Lipinski definition) is 4. The van der Waals surface area contributed by atoms with Gasteiger partial charge in [0.2, 0.25) is 0 Å². The van der Waals surface area contributed by atoms with E-state index in [0.29, 0.717) is 12.8 Å². The van der Waals surface area contributed by atoms with Crippen LogP contribution in [0.3, 0.4) is 0 Å². The van der Waals surface area contributed by atoms with Crippen molar-refractivity contribution in [1.29, 1.82) is 0 Å². The van der Waals surface area contributed by atoms with Gasteiger partial charge in [-0.15, -0.1) is 0 Å². The SMILES string of the molecule is COC(=O)CC1CC(c2ccccc2)(N(C)C)CCC1=O. The predicted molar refractivity (Wildman–Crippen MR) is 80.8 cm³/mol. The minimum Gasteiger partial charge on any atom is -0.469 e. The normalized spacial score (nSPS) is 25.9. The maximum absolute atomic E-state index is 12.2. The molecule has 0 amide bonds. The Labute approximate surface area is 126 Å². The van der Waals surface area contributed by atoms with Gasteiger partial charge in [0.1, 0.15) is 5.78 Å². The van der Waals surface area contributed by atoms with Crippen LogP contribution in [0.15, 0.2) is 30.3 Å². The highest BCUT2D eigenvalue weighted by atomic mass is 16.5. The van der Waals surface area contributed by atoms with Gasteiger partial charge in [0.05, 0.1) is 13.5 Å². The Balaban J connectivity index is 2.30. The Morgan fingerprint density at radius 2 is 2.00 bits per heavy atom. The van der Waals surface area contributed by atoms with E-state index in [1.54, 1.807) is 0 Å². The highest BCUT2D eigenvalue weighted by molar-refractivity contribution is 5.86. The zero-order chi connectivity index (χ0) is 15.5. The lowest BCUT2D eigenvalue weighted by molar-refractivity contribution is -0.145. The number of carbonyl (C=O) groups excluding carboxylic acids is 2. The van der Waals surface area contributed by atoms with Crippen LogP contribution in [0.2, 0.25) is 0 Å². The average molecular weight is 289 g/mol. The summed E-state index contributed by atoms with van der Waals surface area (Å²) in [6.07, 6.45) is 2.14. The van der Waals surface area contributed by atoms with Crippen LogP contribution < -0.4 is 0 Å². The molecule has 21 heavy (non-hydrogen) atoms. The summed E-state index contributed by atoms with van der Waals surface area (Å²) in [5.74, 6) is -0.390. The van der Waals surface area contributed by atoms with Gasteiger partial charge in [-0.3, -0.25) is 14.5 Å². The van der Waals surface area contributed by atoms with Gasteiger partial charge >= 0.3 is 5.97 Å². The molecule has 0 radical (unpaired) electrons. The van der Waals surface area contributed by atoms with E-state index in [0.717, 1.165) is 6.42 Å². The van der Waals surface area contributed by atoms with E-state index in [4.69, 9.17) is 4.74 Å². The quantitative estimate of drug-likeness (QED) is 0.798. The molecule has 0 heterocycles. The van der Waals surface area contributed by atoms with Crippen molar-refractivity contribution in [1.82, 2.24) is 4.90 Å². The molecule has 2 atom stereocenters. The number of carbonyl (C=O) groups is 2. The van der Waals surface area contributed by atoms with E-state index in [9.17, 15) is 9.59 Å². The Bertz CT molecular complexity index is 512. The van der Waals surface area contributed by atoms with Crippen molar-refractivity contribution in [2.75, 3.05) is 21.2 Å². The molecular formula is C17H23NO3. The van der Waals surface area contributed by atoms with E-state index < -0.39 is 0 Å². The van der Waals surface area contributed by atoms with Gasteiger partial charge in [-0.25, -0.2) is 0 Å². The molecule has 1 aliphatic carbocycles. The molecule has 1 aliphatic rings. The number of Topliss-reactive ketones (excluding diaryl/α,β-unsaturated/α-hetero) is 1. The van der Waals surface area contributed by atoms with Crippen molar-refractivity contribution in [3.8, 4) is 0 Å². The number of esters is 1. The Morgan fingerprint density at radius 1 is 1.33 bits per heavy atom. The maximum Gasteiger partial charge on any atom is 0.306 e. The van der Waals surface area contributed by atoms with Crippen molar-refractivity contribution < 1.29 is 14.3 Å². The molecule has 114 valence electrons. The molecule has 1 aromatic carbocycles. The Kier molecular flexibility index (Phi) is 4.78. The van der Waals surface area contributed by atoms with Gasteiger partial charge in [0, 0.05) is 17.9 Å². The molecule has 1 aromatic rings. The number of hydrogen-bond donors (Lipinski definition) is 0. The number of methoxy groups -OCH3 is 1. The van der Waals surface area contributed by atoms with Gasteiger partial charge in [-0.2, -0.15) is 0 Å². The molecule has 0 aliphatic heterocycles. The summed E-state index contributed by atoms with van der Waals surface area (Å²) < 4.78 is 4.73. The van der Waals surface area contributed by atoms with Crippen molar-refractivity contribution in [3.05, 3.63) is 35.9 Å². The lowest BCUT2D eigenvalue weighted by atomic mass is 9.69. The molecule has 0 spiro atoms. The minimum atomic E-state index is -0.309. The Morgan fingerprint density at radius 3 is 2.57 bits per heavy atom. The number of nitrogens with zero attached hydrogens (tertiary/aromatic N) is 1. The van der Waals surface area contributed by atoms with Gasteiger partial charge in [-0.05, 0) is 32.5 Å². The average Bonchev–Trinajstić information content (AvgIpc) is 2.50. The first-order valence-electron chi connectivity index (χ1n) is 7.32. The summed E-state index contributed by atoms with van der Waals surface area (Å²) in [5.41, 5.74) is 1.02. The van der Waals surface area contributed by atoms with E-state index in [1.807, 2.05) is 32.3 Å². The van der Waals surface area contributed by atoms with Gasteiger partial charge in [0.15, 0.2) is 0 Å². The lowest BCUT2D eigenvalue weighted by Gasteiger charge is -2.45. The Hall–Kier alpha value is -1.68. The summed E-state index contributed by atoms with van der Waals surface area (Å²) in [7, 11) is 5.45. The summed E-state index contributed by atoms with van der Waals surface area (Å²) in [6.45, 7) is 0. The van der Waals surface area contributed by atoms with E-state index in [-0.39, 0.29) is 29.6 Å². The molecule has 4 heteroatoms. The highest BCUT2D eigenvalue weighted by Gasteiger charge is 2.43. The van der Waals surface area contributed by atoms with Crippen molar-refractivity contribution in [3.63, 3.8) is 0 Å². The summed E-state index contributed by atoms with van der Waals surface area (Å²) >= 11 is 0. The molecule has 4 nitrogen and oxygen atoms in total. The van der Waals surface area contributed by atoms with Gasteiger partial charge < -0.3 is 4.74 Å². The van der Waals surface area contributed by atoms with E-state index >= 15 is 0 Å². The lowest BCUT2D eigenvalue weighted by Crippen LogP contribution is -2.48. The van der Waals surface area contributed by atoms with Crippen LogP contribution in [0.1, 0.15) is 31.2 Å². The molecule has 0 bridgehead atoms. The molecule has 0 saturated heterocycles. The smallest absolute Gasteiger partial charge is 0.306 e. The third kappa shape index (κ3) is 3.16. The number of ketones is 1. The minimum absolute atomic E-state index is 0.175. The zero-order valence-corrected chi connectivity index (χ0v) is 13.0. The molecule has 1 saturated carbocycles. The largest absolute Gasteiger partial charge is 0.469 e. The second-order valence-electron chi connectivity index (χ2n) is 5.94. The third-order valence-electron chi connectivity index (χ3n) is 4.63. The molecule has 1 fully saturated rings. The zero-order valence-electron chi connectivity index (χ0n) is 13.0. The van der Waals surface area contributed by atoms with Crippen LogP contribution in [0.5, 0.6) is 0 Å². The third-order valence-corrected chi connectivity index (χ3v) is 4.63. The van der Waals surface area contributed by atoms with E-state index in [1.165, 1.54) is 12.7 Å². The standard InChI is InChI=1S/C17H23NO3/c1-18(2)17(14-7-5-4-6-8-14)10-9-15(19)13(12-17)11-16(20)21-3/h4-8,13H,9-12H2,1-3H3. The maximum atomic E-state index is 12.2. The summed E-state index contributed by atoms with van der Waals surface area (Å²) in [5, 5.41) is 0.